The van der Waals surface area contributed by atoms with E-state index in [2.05, 4.69) is 193 Å². The number of H-pyrrole nitrogens is 1. The molecule has 0 aliphatic carbocycles. The highest BCUT2D eigenvalue weighted by atomic mass is 28.3. The Bertz CT molecular complexity index is 4670. The Labute approximate surface area is 664 Å². The monoisotopic (exact) mass is 1590 g/mol. The van der Waals surface area contributed by atoms with Gasteiger partial charge in [0.2, 0.25) is 11.8 Å². The number of piperidine rings is 2. The summed E-state index contributed by atoms with van der Waals surface area (Å²) in [4.78, 5) is 37.6. The van der Waals surface area contributed by atoms with Gasteiger partial charge in [-0.1, -0.05) is 201 Å². The van der Waals surface area contributed by atoms with Gasteiger partial charge in [0.15, 0.2) is 11.3 Å². The summed E-state index contributed by atoms with van der Waals surface area (Å²) in [7, 11) is -4.92. The van der Waals surface area contributed by atoms with Crippen LogP contribution in [0.15, 0.2) is 166 Å². The zero-order valence-corrected chi connectivity index (χ0v) is 72.6. The highest BCUT2D eigenvalue weighted by Gasteiger charge is 2.30. The lowest BCUT2D eigenvalue weighted by Gasteiger charge is -2.31. The van der Waals surface area contributed by atoms with Crippen molar-refractivity contribution in [3.8, 4) is 44.8 Å². The third kappa shape index (κ3) is 24.9. The summed E-state index contributed by atoms with van der Waals surface area (Å²) < 4.78 is 45.6. The zero-order valence-electron chi connectivity index (χ0n) is 68.6. The molecule has 2 N–H and O–H groups in total. The van der Waals surface area contributed by atoms with Crippen molar-refractivity contribution in [2.45, 2.75) is 180 Å². The smallest absolute Gasteiger partial charge is 0.408 e. The third-order valence-electron chi connectivity index (χ3n) is 19.9. The van der Waals surface area contributed by atoms with Gasteiger partial charge in [-0.15, -0.1) is 10.2 Å². The number of hydrogen-bond acceptors (Lipinski definition) is 21. The summed E-state index contributed by atoms with van der Waals surface area (Å²) in [5.41, 5.74) is 12.8. The number of nitrogens with one attached hydrogen (secondary N) is 2. The van der Waals surface area contributed by atoms with Gasteiger partial charge in [0.25, 0.3) is 0 Å². The van der Waals surface area contributed by atoms with Gasteiger partial charge in [0.05, 0.1) is 30.4 Å². The average molecular weight is 1590 g/mol. The molecule has 8 aromatic heterocycles. The van der Waals surface area contributed by atoms with Crippen LogP contribution in [0.4, 0.5) is 17.7 Å². The number of anilines is 3. The van der Waals surface area contributed by atoms with E-state index in [1.807, 2.05) is 101 Å². The lowest BCUT2D eigenvalue weighted by Crippen LogP contribution is -2.34. The second kappa shape index (κ2) is 39.4. The first-order chi connectivity index (χ1) is 53.7. The Kier molecular flexibility index (Phi) is 29.6. The Morgan fingerprint density at radius 1 is 0.500 bits per heavy atom. The van der Waals surface area contributed by atoms with Crippen molar-refractivity contribution in [2.75, 3.05) is 94.2 Å². The number of fused-ring (bicyclic) bond motifs is 2. The van der Waals surface area contributed by atoms with Gasteiger partial charge in [-0.2, -0.15) is 19.2 Å². The van der Waals surface area contributed by atoms with Crippen molar-refractivity contribution in [1.29, 1.82) is 0 Å². The fourth-order valence-corrected chi connectivity index (χ4v) is 15.8. The fourth-order valence-electron chi connectivity index (χ4n) is 12.8. The quantitative estimate of drug-likeness (QED) is 0.0216. The maximum absolute atomic E-state index is 10.7. The Hall–Kier alpha value is -8.69. The molecule has 0 saturated carbocycles. The largest absolute Gasteiger partial charge is 0.434 e. The topological polar surface area (TPSA) is 252 Å². The predicted molar refractivity (Wildman–Crippen MR) is 458 cm³/mol. The molecule has 13 rings (SSSR count). The van der Waals surface area contributed by atoms with Crippen molar-refractivity contribution in [3.05, 3.63) is 191 Å². The number of benzene rings is 3. The summed E-state index contributed by atoms with van der Waals surface area (Å²) in [6, 6.07) is 48.2. The molecule has 112 heavy (non-hydrogen) atoms. The molecule has 0 radical (unpaired) electrons. The molecule has 1 atom stereocenters. The minimum atomic E-state index is -1.25. The van der Waals surface area contributed by atoms with Crippen LogP contribution in [-0.2, 0) is 30.3 Å². The van der Waals surface area contributed by atoms with Crippen molar-refractivity contribution in [2.24, 2.45) is 0 Å². The average Bonchev–Trinajstić information content (AvgIpc) is 1.58. The van der Waals surface area contributed by atoms with E-state index in [9.17, 15) is 4.79 Å². The number of aromatic amines is 1. The van der Waals surface area contributed by atoms with Crippen LogP contribution in [0.1, 0.15) is 99.0 Å². The van der Waals surface area contributed by atoms with Gasteiger partial charge < -0.3 is 52.5 Å². The first-order valence-electron chi connectivity index (χ1n) is 39.8. The van der Waals surface area contributed by atoms with Crippen LogP contribution in [0.2, 0.25) is 103 Å². The van der Waals surface area contributed by atoms with Gasteiger partial charge in [-0.3, -0.25) is 9.97 Å². The molecule has 2 fully saturated rings. The molecular weight excluding hydrogens is 1470 g/mol. The molecule has 2 aliphatic rings. The summed E-state index contributed by atoms with van der Waals surface area (Å²) in [5, 5.41) is 27.8. The van der Waals surface area contributed by atoms with Crippen molar-refractivity contribution >= 4 is 61.2 Å². The molecule has 11 aromatic rings. The van der Waals surface area contributed by atoms with E-state index in [1.165, 1.54) is 0 Å². The van der Waals surface area contributed by atoms with Gasteiger partial charge in [0, 0.05) is 159 Å². The van der Waals surface area contributed by atoms with E-state index in [-0.39, 0.29) is 23.8 Å². The molecule has 3 aromatic carbocycles. The number of nitrogens with zero attached hydrogens (tertiary/aromatic N) is 14. The van der Waals surface area contributed by atoms with E-state index in [1.54, 1.807) is 6.92 Å². The molecule has 2 aliphatic heterocycles. The minimum absolute atomic E-state index is 0.199. The number of hydrogen-bond donors (Lipinski definition) is 2. The highest BCUT2D eigenvalue weighted by molar-refractivity contribution is 6.77. The molecule has 0 bridgehead atoms. The van der Waals surface area contributed by atoms with Crippen LogP contribution in [0.5, 0.6) is 0 Å². The van der Waals surface area contributed by atoms with E-state index >= 15 is 0 Å². The third-order valence-corrected chi connectivity index (χ3v) is 26.7. The van der Waals surface area contributed by atoms with Crippen LogP contribution in [0.3, 0.4) is 0 Å². The predicted octanol–water partition coefficient (Wildman–Crippen LogP) is 17.8. The van der Waals surface area contributed by atoms with Gasteiger partial charge >= 0.3 is 11.8 Å². The highest BCUT2D eigenvalue weighted by Crippen LogP contribution is 2.37. The maximum Gasteiger partial charge on any atom is 0.434 e. The molecular formula is C84H118N16O8Si4. The summed E-state index contributed by atoms with van der Waals surface area (Å²) >= 11 is 0. The van der Waals surface area contributed by atoms with Crippen molar-refractivity contribution < 1.29 is 32.5 Å². The summed E-state index contributed by atoms with van der Waals surface area (Å²) in [5.74, 6) is 3.09. The lowest BCUT2D eigenvalue weighted by atomic mass is 9.93. The maximum atomic E-state index is 10.7. The van der Waals surface area contributed by atoms with E-state index in [0.29, 0.717) is 51.4 Å². The Balaban J connectivity index is 0.000000186. The SMILES string of the molecule is CC(C)c1nnc(N2CCC(c3cc(N(COCC[Si](C)(C)C)COCC[Si](C)(C)C)n4ncc(-c5ccc(-c6ccccc6)nc5)c4n3)CC2)o1.C[C@@H](OCc1ccccc1)c1n[nH]c(=O)o1.C[Si](C)(C)CCOCN(COCC[Si](C)(C)C)c1cc(C2CCNCC2)nc2c(-c3ccc(-c4ccccc4)nc3)cnn12. The van der Waals surface area contributed by atoms with Gasteiger partial charge in [-0.05, 0) is 87.6 Å². The lowest BCUT2D eigenvalue weighted by molar-refractivity contribution is 0.0337. The molecule has 0 amide bonds. The van der Waals surface area contributed by atoms with Crippen LogP contribution in [-0.4, -0.2) is 171 Å². The van der Waals surface area contributed by atoms with Crippen LogP contribution < -0.4 is 25.8 Å². The van der Waals surface area contributed by atoms with Crippen LogP contribution >= 0.6 is 0 Å². The second-order valence-corrected chi connectivity index (χ2v) is 57.0. The van der Waals surface area contributed by atoms with Crippen molar-refractivity contribution in [3.63, 3.8) is 0 Å². The van der Waals surface area contributed by atoms with E-state index in [4.69, 9.17) is 62.7 Å². The van der Waals surface area contributed by atoms with Gasteiger partial charge in [0.1, 0.15) is 44.7 Å². The number of rotatable bonds is 34. The normalized spacial score (nSPS) is 14.3. The van der Waals surface area contributed by atoms with Gasteiger partial charge in [-0.25, -0.2) is 19.9 Å². The van der Waals surface area contributed by atoms with Crippen LogP contribution in [0, 0.1) is 0 Å². The summed E-state index contributed by atoms with van der Waals surface area (Å²) in [6.07, 6.45) is 11.3. The standard InChI is InChI=1S/C39H56N8O3Si2.C34H50N6O2Si2.C11H12N2O3/c1-29(2)38-43-44-39(50-38)45-18-16-31(17-19-45)35-24-36(46(27-48-20-22-51(3,4)5)28-49-21-23-52(6,7)8)47-37(42-35)33(26-41-47)32-14-15-34(40-25-32)30-12-10-9-11-13-30;1-43(2,3)20-18-41-25-39(26-42-19-21-44(4,5)6)33-22-32(28-14-16-35-17-15-28)38-34-30(24-37-40(33)34)29-12-13-31(36-23-29)27-10-8-7-9-11-27;1-8(10-12-13-11(14)16-10)15-7-9-5-3-2-4-6-9/h9-15,24-26,29,31H,16-23,27-28H2,1-8H3;7-13,22-24,28,35H,14-21,25-26H2,1-6H3;2-6,8H,7H2,1H3,(H,13,14)/t;;8-/m..1/s1. The molecule has 0 unspecified atom stereocenters. The number of pyridine rings is 2. The molecule has 28 heteroatoms. The molecule has 10 heterocycles. The first-order valence-corrected chi connectivity index (χ1v) is 54.6. The number of aromatic nitrogens is 12. The Morgan fingerprint density at radius 2 is 0.929 bits per heavy atom. The fraction of sp³-hybridized carbons (Fsp3) is 0.476. The number of ether oxygens (including phenoxy) is 5. The molecule has 0 spiro atoms. The second-order valence-electron chi connectivity index (χ2n) is 34.5. The summed E-state index contributed by atoms with van der Waals surface area (Å²) in [6.45, 7) is 43.3. The van der Waals surface area contributed by atoms with E-state index < -0.39 is 38.1 Å². The van der Waals surface area contributed by atoms with E-state index in [0.717, 1.165) is 187 Å². The molecule has 24 nitrogen and oxygen atoms in total. The molecule has 2 saturated heterocycles. The Morgan fingerprint density at radius 3 is 1.31 bits per heavy atom. The van der Waals surface area contributed by atoms with Crippen molar-refractivity contribution in [1.82, 2.24) is 64.9 Å². The minimum Gasteiger partial charge on any atom is -0.408 e. The zero-order chi connectivity index (χ0) is 79.4. The molecule has 598 valence electrons. The van der Waals surface area contributed by atoms with Crippen LogP contribution in [0.25, 0.3) is 56.1 Å². The first kappa shape index (κ1) is 84.2.